The standard InChI is InChI=1S/C14H20F3NO2Si/c1-10-7-5-6-8-11(10)12(20-21(2,3)4)9-18-13(19)14(15,16)17/h5-8,12H,9H2,1-4H3,(H,18,19)/t12-/m0/s1. The Hall–Kier alpha value is -1.34. The highest BCUT2D eigenvalue weighted by Gasteiger charge is 2.39. The van der Waals surface area contributed by atoms with Gasteiger partial charge in [0.15, 0.2) is 8.32 Å². The number of benzene rings is 1. The summed E-state index contributed by atoms with van der Waals surface area (Å²) in [5.74, 6) is -1.94. The third-order valence-corrected chi connectivity index (χ3v) is 3.73. The van der Waals surface area contributed by atoms with Crippen molar-refractivity contribution in [1.29, 1.82) is 0 Å². The van der Waals surface area contributed by atoms with Crippen molar-refractivity contribution in [3.05, 3.63) is 35.4 Å². The van der Waals surface area contributed by atoms with Gasteiger partial charge in [-0.15, -0.1) is 0 Å². The molecule has 0 aliphatic rings. The summed E-state index contributed by atoms with van der Waals surface area (Å²) in [6.45, 7) is 7.51. The molecule has 3 nitrogen and oxygen atoms in total. The molecule has 1 atom stereocenters. The van der Waals surface area contributed by atoms with Crippen LogP contribution in [0.3, 0.4) is 0 Å². The van der Waals surface area contributed by atoms with Crippen LogP contribution in [-0.2, 0) is 9.22 Å². The van der Waals surface area contributed by atoms with Crippen molar-refractivity contribution in [2.75, 3.05) is 6.54 Å². The molecule has 7 heteroatoms. The van der Waals surface area contributed by atoms with E-state index in [1.165, 1.54) is 0 Å². The number of nitrogens with one attached hydrogen (secondary N) is 1. The Labute approximate surface area is 123 Å². The quantitative estimate of drug-likeness (QED) is 0.843. The molecule has 1 aromatic rings. The maximum Gasteiger partial charge on any atom is 0.471 e. The van der Waals surface area contributed by atoms with Gasteiger partial charge in [-0.1, -0.05) is 24.3 Å². The molecule has 118 valence electrons. The van der Waals surface area contributed by atoms with Crippen molar-refractivity contribution < 1.29 is 22.4 Å². The van der Waals surface area contributed by atoms with Gasteiger partial charge in [-0.3, -0.25) is 4.79 Å². The van der Waals surface area contributed by atoms with Crippen molar-refractivity contribution in [1.82, 2.24) is 5.32 Å². The monoisotopic (exact) mass is 319 g/mol. The van der Waals surface area contributed by atoms with Gasteiger partial charge >= 0.3 is 12.1 Å². The molecular formula is C14H20F3NO2Si. The second-order valence-corrected chi connectivity index (χ2v) is 10.2. The minimum atomic E-state index is -4.88. The predicted molar refractivity (Wildman–Crippen MR) is 77.4 cm³/mol. The number of carbonyl (C=O) groups excluding carboxylic acids is 1. The summed E-state index contributed by atoms with van der Waals surface area (Å²) in [7, 11) is -1.98. The van der Waals surface area contributed by atoms with Gasteiger partial charge in [0.1, 0.15) is 0 Å². The fourth-order valence-electron chi connectivity index (χ4n) is 1.88. The Morgan fingerprint density at radius 3 is 2.33 bits per heavy atom. The first kappa shape index (κ1) is 17.7. The zero-order valence-corrected chi connectivity index (χ0v) is 13.5. The number of halogens is 3. The highest BCUT2D eigenvalue weighted by molar-refractivity contribution is 6.69. The molecule has 0 saturated carbocycles. The Kier molecular flexibility index (Phi) is 5.58. The van der Waals surface area contributed by atoms with Crippen LogP contribution >= 0.6 is 0 Å². The van der Waals surface area contributed by atoms with E-state index in [0.29, 0.717) is 0 Å². The average Bonchev–Trinajstić information content (AvgIpc) is 2.32. The molecule has 0 bridgehead atoms. The van der Waals surface area contributed by atoms with Gasteiger partial charge in [-0.25, -0.2) is 0 Å². The van der Waals surface area contributed by atoms with Gasteiger partial charge < -0.3 is 9.74 Å². The van der Waals surface area contributed by atoms with Gasteiger partial charge in [-0.05, 0) is 37.7 Å². The second-order valence-electron chi connectivity index (χ2n) is 5.78. The first-order valence-corrected chi connectivity index (χ1v) is 10.00. The molecule has 1 amide bonds. The lowest BCUT2D eigenvalue weighted by Gasteiger charge is -2.28. The van der Waals surface area contributed by atoms with E-state index in [1.54, 1.807) is 12.1 Å². The Balaban J connectivity index is 2.89. The molecule has 0 unspecified atom stereocenters. The topological polar surface area (TPSA) is 38.3 Å². The number of aryl methyl sites for hydroxylation is 1. The predicted octanol–water partition coefficient (Wildman–Crippen LogP) is 3.57. The molecule has 0 spiro atoms. The van der Waals surface area contributed by atoms with Gasteiger partial charge in [-0.2, -0.15) is 13.2 Å². The first-order chi connectivity index (χ1) is 9.50. The molecule has 1 rings (SSSR count). The lowest BCUT2D eigenvalue weighted by Crippen LogP contribution is -2.41. The van der Waals surface area contributed by atoms with Gasteiger partial charge in [0.25, 0.3) is 0 Å². The summed E-state index contributed by atoms with van der Waals surface area (Å²) in [5.41, 5.74) is 1.71. The molecule has 21 heavy (non-hydrogen) atoms. The SMILES string of the molecule is Cc1ccccc1[C@H](CNC(=O)C(F)(F)F)O[Si](C)(C)C. The van der Waals surface area contributed by atoms with E-state index in [9.17, 15) is 18.0 Å². The molecule has 1 aromatic carbocycles. The van der Waals surface area contributed by atoms with Crippen LogP contribution in [0, 0.1) is 6.92 Å². The van der Waals surface area contributed by atoms with E-state index in [2.05, 4.69) is 0 Å². The van der Waals surface area contributed by atoms with E-state index in [-0.39, 0.29) is 6.54 Å². The Bertz CT molecular complexity index is 498. The van der Waals surface area contributed by atoms with E-state index < -0.39 is 26.5 Å². The Morgan fingerprint density at radius 1 is 1.29 bits per heavy atom. The minimum absolute atomic E-state index is 0.201. The van der Waals surface area contributed by atoms with Crippen LogP contribution in [0.1, 0.15) is 17.2 Å². The largest absolute Gasteiger partial charge is 0.471 e. The number of hydrogen-bond donors (Lipinski definition) is 1. The maximum absolute atomic E-state index is 12.3. The van der Waals surface area contributed by atoms with Crippen molar-refractivity contribution in [3.8, 4) is 0 Å². The van der Waals surface area contributed by atoms with E-state index in [1.807, 2.05) is 44.0 Å². The number of hydrogen-bond acceptors (Lipinski definition) is 2. The van der Waals surface area contributed by atoms with Gasteiger partial charge in [0.2, 0.25) is 0 Å². The lowest BCUT2D eigenvalue weighted by molar-refractivity contribution is -0.173. The molecule has 0 heterocycles. The van der Waals surface area contributed by atoms with Crippen LogP contribution < -0.4 is 5.32 Å². The summed E-state index contributed by atoms with van der Waals surface area (Å²) in [6.07, 6.45) is -5.46. The van der Waals surface area contributed by atoms with Crippen LogP contribution in [0.5, 0.6) is 0 Å². The Morgan fingerprint density at radius 2 is 1.86 bits per heavy atom. The summed E-state index contributed by atoms with van der Waals surface area (Å²) in [6, 6.07) is 7.31. The summed E-state index contributed by atoms with van der Waals surface area (Å²) >= 11 is 0. The molecule has 0 aliphatic carbocycles. The normalized spacial score (nSPS) is 13.9. The number of alkyl halides is 3. The zero-order chi connectivity index (χ0) is 16.3. The molecule has 1 N–H and O–H groups in total. The van der Waals surface area contributed by atoms with Crippen LogP contribution in [0.2, 0.25) is 19.6 Å². The van der Waals surface area contributed by atoms with Crippen LogP contribution in [-0.4, -0.2) is 26.9 Å². The zero-order valence-electron chi connectivity index (χ0n) is 12.5. The van der Waals surface area contributed by atoms with E-state index in [0.717, 1.165) is 11.1 Å². The fourth-order valence-corrected chi connectivity index (χ4v) is 2.94. The highest BCUT2D eigenvalue weighted by Crippen LogP contribution is 2.25. The molecule has 0 fully saturated rings. The van der Waals surface area contributed by atoms with E-state index >= 15 is 0 Å². The molecular weight excluding hydrogens is 299 g/mol. The van der Waals surface area contributed by atoms with Crippen LogP contribution in [0.25, 0.3) is 0 Å². The molecule has 0 aliphatic heterocycles. The smallest absolute Gasteiger partial charge is 0.409 e. The average molecular weight is 319 g/mol. The lowest BCUT2D eigenvalue weighted by atomic mass is 10.0. The van der Waals surface area contributed by atoms with Crippen LogP contribution in [0.4, 0.5) is 13.2 Å². The van der Waals surface area contributed by atoms with Crippen molar-refractivity contribution in [3.63, 3.8) is 0 Å². The molecule has 0 saturated heterocycles. The summed E-state index contributed by atoms with van der Waals surface area (Å²) in [5, 5.41) is 1.90. The third-order valence-electron chi connectivity index (χ3n) is 2.74. The molecule has 0 aromatic heterocycles. The van der Waals surface area contributed by atoms with Crippen LogP contribution in [0.15, 0.2) is 24.3 Å². The molecule has 0 radical (unpaired) electrons. The highest BCUT2D eigenvalue weighted by atomic mass is 28.4. The van der Waals surface area contributed by atoms with Crippen molar-refractivity contribution in [2.24, 2.45) is 0 Å². The minimum Gasteiger partial charge on any atom is -0.409 e. The summed E-state index contributed by atoms with van der Waals surface area (Å²) in [4.78, 5) is 11.0. The number of carbonyl (C=O) groups is 1. The fraction of sp³-hybridized carbons (Fsp3) is 0.500. The van der Waals surface area contributed by atoms with Crippen molar-refractivity contribution >= 4 is 14.2 Å². The van der Waals surface area contributed by atoms with Gasteiger partial charge in [0, 0.05) is 6.54 Å². The third kappa shape index (κ3) is 5.89. The maximum atomic E-state index is 12.3. The van der Waals surface area contributed by atoms with Gasteiger partial charge in [0.05, 0.1) is 6.10 Å². The van der Waals surface area contributed by atoms with E-state index in [4.69, 9.17) is 4.43 Å². The first-order valence-electron chi connectivity index (χ1n) is 6.59. The number of rotatable bonds is 5. The number of amides is 1. The summed E-state index contributed by atoms with van der Waals surface area (Å²) < 4.78 is 42.7. The van der Waals surface area contributed by atoms with Crippen molar-refractivity contribution in [2.45, 2.75) is 38.8 Å². The second kappa shape index (κ2) is 6.61.